The molecule has 254 valence electrons. The minimum absolute atomic E-state index is 0.0553. The van der Waals surface area contributed by atoms with Crippen LogP contribution in [0.15, 0.2) is 48.8 Å². The first-order valence-corrected chi connectivity index (χ1v) is 17.4. The number of amides is 1. The summed E-state index contributed by atoms with van der Waals surface area (Å²) in [7, 11) is 1.93. The van der Waals surface area contributed by atoms with Gasteiger partial charge in [0.15, 0.2) is 5.83 Å². The van der Waals surface area contributed by atoms with Crippen molar-refractivity contribution in [3.8, 4) is 12.1 Å². The number of nitrogens with zero attached hydrogens (tertiary/aromatic N) is 7. The number of piperazine rings is 1. The zero-order chi connectivity index (χ0) is 34.2. The Bertz CT molecular complexity index is 1750. The molecular weight excluding hydrogens is 633 g/mol. The van der Waals surface area contributed by atoms with Crippen molar-refractivity contribution < 1.29 is 18.3 Å². The fraction of sp³-hybridized carbons (Fsp3) is 0.500. The van der Waals surface area contributed by atoms with Crippen LogP contribution in [-0.4, -0.2) is 88.0 Å². The molecule has 2 aromatic carbocycles. The molecular formula is C36H43F2N7O2S. The summed E-state index contributed by atoms with van der Waals surface area (Å²) in [6.07, 6.45) is 1.96. The number of carbonyl (C=O) groups is 1. The van der Waals surface area contributed by atoms with Gasteiger partial charge in [-0.2, -0.15) is 15.2 Å². The van der Waals surface area contributed by atoms with E-state index in [-0.39, 0.29) is 29.8 Å². The van der Waals surface area contributed by atoms with Gasteiger partial charge in [-0.1, -0.05) is 48.7 Å². The summed E-state index contributed by atoms with van der Waals surface area (Å²) in [4.78, 5) is 29.9. The lowest BCUT2D eigenvalue weighted by atomic mass is 9.99. The molecule has 0 N–H and O–H groups in total. The molecule has 12 heteroatoms. The standard InChI is InChI=1S/C36H43F2N7O2S/c1-24-8-6-9-26-10-7-11-30(31(24)26)43-17-13-28-29(21-43)40-34(47-23-48-35(3,4)42(5)22-36(38)14-15-36)41-32(28)44-18-19-45(33(46)25(2)37)27(20-44)12-16-39/h6-11,27H,2,12-15,17-23H2,1,3-5H3/t27-/m0/s1. The number of carbonyl (C=O) groups excluding carboxylic acids is 1. The zero-order valence-electron chi connectivity index (χ0n) is 28.1. The van der Waals surface area contributed by atoms with Crippen molar-refractivity contribution in [1.82, 2.24) is 19.8 Å². The number of rotatable bonds is 11. The van der Waals surface area contributed by atoms with E-state index in [2.05, 4.69) is 79.6 Å². The summed E-state index contributed by atoms with van der Waals surface area (Å²) in [5.74, 6) is -0.837. The molecule has 3 aromatic rings. The molecule has 0 spiro atoms. The van der Waals surface area contributed by atoms with E-state index in [9.17, 15) is 18.8 Å². The van der Waals surface area contributed by atoms with Gasteiger partial charge < -0.3 is 19.4 Å². The highest BCUT2D eigenvalue weighted by Gasteiger charge is 2.46. The molecule has 2 aliphatic heterocycles. The molecule has 1 amide bonds. The van der Waals surface area contributed by atoms with Crippen LogP contribution < -0.4 is 14.5 Å². The third-order valence-corrected chi connectivity index (χ3v) is 11.1. The van der Waals surface area contributed by atoms with Crippen molar-refractivity contribution in [1.29, 1.82) is 5.26 Å². The van der Waals surface area contributed by atoms with E-state index >= 15 is 0 Å². The second kappa shape index (κ2) is 13.5. The molecule has 1 aromatic heterocycles. The topological polar surface area (TPSA) is 88.8 Å². The van der Waals surface area contributed by atoms with Gasteiger partial charge in [-0.15, -0.1) is 0 Å². The summed E-state index contributed by atoms with van der Waals surface area (Å²) < 4.78 is 34.6. The second-order valence-corrected chi connectivity index (χ2v) is 15.1. The number of alkyl halides is 1. The first-order valence-electron chi connectivity index (χ1n) is 16.5. The predicted octanol–water partition coefficient (Wildman–Crippen LogP) is 6.15. The lowest BCUT2D eigenvalue weighted by Crippen LogP contribution is -2.55. The number of aromatic nitrogens is 2. The van der Waals surface area contributed by atoms with Crippen molar-refractivity contribution in [3.63, 3.8) is 0 Å². The number of aryl methyl sites for hydroxylation is 1. The molecule has 0 unspecified atom stereocenters. The molecule has 48 heavy (non-hydrogen) atoms. The van der Waals surface area contributed by atoms with E-state index in [1.165, 1.54) is 21.2 Å². The van der Waals surface area contributed by atoms with Crippen LogP contribution in [-0.2, 0) is 17.8 Å². The number of anilines is 2. The van der Waals surface area contributed by atoms with E-state index in [4.69, 9.17) is 14.7 Å². The van der Waals surface area contributed by atoms with Gasteiger partial charge in [0, 0.05) is 49.4 Å². The molecule has 1 saturated heterocycles. The fourth-order valence-electron chi connectivity index (χ4n) is 6.69. The van der Waals surface area contributed by atoms with Crippen LogP contribution in [0, 0.1) is 18.3 Å². The molecule has 9 nitrogen and oxygen atoms in total. The highest BCUT2D eigenvalue weighted by Crippen LogP contribution is 2.42. The average Bonchev–Trinajstić information content (AvgIpc) is 3.79. The highest BCUT2D eigenvalue weighted by molar-refractivity contribution is 8.00. The maximum absolute atomic E-state index is 14.5. The van der Waals surface area contributed by atoms with Gasteiger partial charge in [0.1, 0.15) is 17.4 Å². The van der Waals surface area contributed by atoms with E-state index in [0.29, 0.717) is 51.3 Å². The molecule has 1 saturated carbocycles. The van der Waals surface area contributed by atoms with Crippen LogP contribution in [0.1, 0.15) is 49.9 Å². The minimum Gasteiger partial charge on any atom is -0.452 e. The fourth-order valence-corrected chi connectivity index (χ4v) is 7.42. The quantitative estimate of drug-likeness (QED) is 0.175. The Kier molecular flexibility index (Phi) is 9.55. The van der Waals surface area contributed by atoms with Gasteiger partial charge in [0.2, 0.25) is 0 Å². The largest absolute Gasteiger partial charge is 0.452 e. The average molecular weight is 676 g/mol. The second-order valence-electron chi connectivity index (χ2n) is 13.6. The summed E-state index contributed by atoms with van der Waals surface area (Å²) in [6, 6.07) is 14.6. The molecule has 2 fully saturated rings. The van der Waals surface area contributed by atoms with E-state index in [0.717, 1.165) is 23.5 Å². The van der Waals surface area contributed by atoms with Crippen molar-refractivity contribution in [3.05, 3.63) is 65.6 Å². The van der Waals surface area contributed by atoms with Crippen LogP contribution >= 0.6 is 11.8 Å². The smallest absolute Gasteiger partial charge is 0.319 e. The normalized spacial score (nSPS) is 18.9. The maximum Gasteiger partial charge on any atom is 0.319 e. The van der Waals surface area contributed by atoms with Gasteiger partial charge in [0.05, 0.1) is 35.6 Å². The maximum atomic E-state index is 14.5. The van der Waals surface area contributed by atoms with Crippen molar-refractivity contribution >= 4 is 39.9 Å². The number of nitriles is 1. The lowest BCUT2D eigenvalue weighted by Gasteiger charge is -2.42. The number of ether oxygens (including phenoxy) is 1. The Morgan fingerprint density at radius 3 is 2.65 bits per heavy atom. The van der Waals surface area contributed by atoms with Gasteiger partial charge in [0.25, 0.3) is 5.91 Å². The van der Waals surface area contributed by atoms with Crippen LogP contribution in [0.25, 0.3) is 10.8 Å². The Morgan fingerprint density at radius 2 is 1.94 bits per heavy atom. The van der Waals surface area contributed by atoms with Gasteiger partial charge >= 0.3 is 6.01 Å². The molecule has 3 heterocycles. The Morgan fingerprint density at radius 1 is 1.19 bits per heavy atom. The highest BCUT2D eigenvalue weighted by atomic mass is 32.2. The summed E-state index contributed by atoms with van der Waals surface area (Å²) in [5, 5.41) is 11.9. The minimum atomic E-state index is -1.09. The van der Waals surface area contributed by atoms with Crippen LogP contribution in [0.3, 0.4) is 0 Å². The number of halogens is 2. The summed E-state index contributed by atoms with van der Waals surface area (Å²) in [5.41, 5.74) is 3.12. The van der Waals surface area contributed by atoms with E-state index in [1.54, 1.807) is 11.8 Å². The number of benzene rings is 2. The lowest BCUT2D eigenvalue weighted by molar-refractivity contribution is -0.131. The number of thioether (sulfide) groups is 1. The third-order valence-electron chi connectivity index (χ3n) is 9.89. The SMILES string of the molecule is C=C(F)C(=O)N1CCN(c2nc(OCSC(C)(C)N(C)CC3(F)CC3)nc3c2CCN(c2cccc4cccc(C)c24)C3)C[C@@H]1CC#N. The number of fused-ring (bicyclic) bond motifs is 2. The Labute approximate surface area is 285 Å². The first-order chi connectivity index (χ1) is 22.9. The van der Waals surface area contributed by atoms with Gasteiger partial charge in [-0.25, -0.2) is 8.78 Å². The predicted molar refractivity (Wildman–Crippen MR) is 187 cm³/mol. The van der Waals surface area contributed by atoms with Gasteiger partial charge in [-0.05, 0) is 64.1 Å². The molecule has 0 bridgehead atoms. The molecule has 1 aliphatic carbocycles. The number of hydrogen-bond acceptors (Lipinski definition) is 9. The van der Waals surface area contributed by atoms with Crippen molar-refractivity contribution in [2.75, 3.05) is 55.5 Å². The van der Waals surface area contributed by atoms with Crippen LogP contribution in [0.5, 0.6) is 6.01 Å². The Hall–Kier alpha value is -3.95. The molecule has 6 rings (SSSR count). The van der Waals surface area contributed by atoms with Crippen LogP contribution in [0.4, 0.5) is 20.3 Å². The summed E-state index contributed by atoms with van der Waals surface area (Å²) in [6.45, 7) is 12.1. The van der Waals surface area contributed by atoms with Crippen molar-refractivity contribution in [2.24, 2.45) is 0 Å². The zero-order valence-corrected chi connectivity index (χ0v) is 29.0. The molecule has 1 atom stereocenters. The molecule has 3 aliphatic rings. The van der Waals surface area contributed by atoms with E-state index < -0.39 is 23.4 Å². The first kappa shape index (κ1) is 33.9. The number of hydrogen-bond donors (Lipinski definition) is 0. The van der Waals surface area contributed by atoms with Crippen molar-refractivity contribution in [2.45, 2.75) is 69.6 Å². The van der Waals surface area contributed by atoms with Gasteiger partial charge in [-0.3, -0.25) is 9.69 Å². The summed E-state index contributed by atoms with van der Waals surface area (Å²) >= 11 is 1.55. The monoisotopic (exact) mass is 675 g/mol. The van der Waals surface area contributed by atoms with Crippen LogP contribution in [0.2, 0.25) is 0 Å². The molecule has 0 radical (unpaired) electrons. The third kappa shape index (κ3) is 7.08. The van der Waals surface area contributed by atoms with E-state index in [1.807, 2.05) is 11.9 Å². The Balaban J connectivity index is 1.29.